The topological polar surface area (TPSA) is 85.1 Å². The fourth-order valence-electron chi connectivity index (χ4n) is 3.13. The summed E-state index contributed by atoms with van der Waals surface area (Å²) in [4.78, 5) is 27.2. The largest absolute Gasteiger partial charge is 0.323 e. The minimum Gasteiger partial charge on any atom is -0.323 e. The summed E-state index contributed by atoms with van der Waals surface area (Å²) in [5, 5.41) is 16.5. The molecule has 0 spiro atoms. The van der Waals surface area contributed by atoms with Crippen molar-refractivity contribution in [3.8, 4) is 21.8 Å². The molecule has 4 aromatic rings. The highest BCUT2D eigenvalue weighted by Gasteiger charge is 2.09. The van der Waals surface area contributed by atoms with Crippen molar-refractivity contribution in [2.45, 2.75) is 6.92 Å². The first-order valence-electron chi connectivity index (χ1n) is 9.85. The molecule has 158 valence electrons. The molecule has 0 radical (unpaired) electrons. The highest BCUT2D eigenvalue weighted by atomic mass is 32.1. The van der Waals surface area contributed by atoms with Crippen molar-refractivity contribution in [2.75, 3.05) is 5.32 Å². The molecule has 1 N–H and O–H groups in total. The maximum absolute atomic E-state index is 12.2. The molecular weight excluding hydrogens is 422 g/mol. The number of nitrogens with one attached hydrogen (secondary N) is 1. The second-order valence-electron chi connectivity index (χ2n) is 7.10. The number of anilines is 1. The summed E-state index contributed by atoms with van der Waals surface area (Å²) in [5.41, 5.74) is 5.57. The van der Waals surface area contributed by atoms with E-state index < -0.39 is 4.92 Å². The fourth-order valence-corrected chi connectivity index (χ4v) is 4.05. The molecule has 0 aliphatic heterocycles. The van der Waals surface area contributed by atoms with E-state index in [9.17, 15) is 14.9 Å². The van der Waals surface area contributed by atoms with E-state index in [1.807, 2.05) is 41.8 Å². The number of rotatable bonds is 6. The van der Waals surface area contributed by atoms with Crippen LogP contribution in [0.1, 0.15) is 11.1 Å². The van der Waals surface area contributed by atoms with Crippen molar-refractivity contribution in [1.29, 1.82) is 0 Å². The Morgan fingerprint density at radius 2 is 1.75 bits per heavy atom. The lowest BCUT2D eigenvalue weighted by Crippen LogP contribution is -2.07. The van der Waals surface area contributed by atoms with Crippen LogP contribution in [0.5, 0.6) is 0 Å². The third-order valence-electron chi connectivity index (χ3n) is 4.86. The molecule has 32 heavy (non-hydrogen) atoms. The predicted molar refractivity (Wildman–Crippen MR) is 128 cm³/mol. The maximum Gasteiger partial charge on any atom is 0.269 e. The molecule has 0 saturated heterocycles. The van der Waals surface area contributed by atoms with Crippen LogP contribution in [0.15, 0.2) is 84.3 Å². The van der Waals surface area contributed by atoms with E-state index in [2.05, 4.69) is 24.4 Å². The SMILES string of the molecule is Cc1ccccc1-c1nc(-c2ccc(NC(=O)/C=C/c3ccc([N+](=O)[O-])cc3)cc2)cs1. The minimum absolute atomic E-state index is 0.0119. The molecule has 1 heterocycles. The molecule has 7 heteroatoms. The molecule has 0 aliphatic rings. The van der Waals surface area contributed by atoms with Gasteiger partial charge in [0.25, 0.3) is 5.69 Å². The van der Waals surface area contributed by atoms with Crippen LogP contribution >= 0.6 is 11.3 Å². The molecule has 4 rings (SSSR count). The number of nitro groups is 1. The third kappa shape index (κ3) is 4.96. The summed E-state index contributed by atoms with van der Waals surface area (Å²) in [6.07, 6.45) is 3.00. The van der Waals surface area contributed by atoms with Gasteiger partial charge in [0.1, 0.15) is 5.01 Å². The van der Waals surface area contributed by atoms with Crippen molar-refractivity contribution in [3.63, 3.8) is 0 Å². The smallest absolute Gasteiger partial charge is 0.269 e. The van der Waals surface area contributed by atoms with Gasteiger partial charge >= 0.3 is 0 Å². The van der Waals surface area contributed by atoms with Crippen LogP contribution in [0.2, 0.25) is 0 Å². The number of aromatic nitrogens is 1. The number of nitrogens with zero attached hydrogens (tertiary/aromatic N) is 2. The zero-order chi connectivity index (χ0) is 22.5. The van der Waals surface area contributed by atoms with E-state index in [0.717, 1.165) is 21.8 Å². The van der Waals surface area contributed by atoms with Gasteiger partial charge < -0.3 is 5.32 Å². The van der Waals surface area contributed by atoms with Crippen LogP contribution in [-0.2, 0) is 4.79 Å². The normalized spacial score (nSPS) is 10.9. The zero-order valence-electron chi connectivity index (χ0n) is 17.2. The second kappa shape index (κ2) is 9.36. The van der Waals surface area contributed by atoms with Crippen LogP contribution in [0.25, 0.3) is 27.9 Å². The summed E-state index contributed by atoms with van der Waals surface area (Å²) in [6.45, 7) is 2.07. The van der Waals surface area contributed by atoms with Crippen LogP contribution in [-0.4, -0.2) is 15.8 Å². The first-order chi connectivity index (χ1) is 15.5. The summed E-state index contributed by atoms with van der Waals surface area (Å²) in [6, 6.07) is 21.7. The molecule has 6 nitrogen and oxygen atoms in total. The van der Waals surface area contributed by atoms with Gasteiger partial charge in [-0.1, -0.05) is 36.4 Å². The van der Waals surface area contributed by atoms with E-state index in [0.29, 0.717) is 11.3 Å². The first kappa shape index (κ1) is 21.1. The van der Waals surface area contributed by atoms with Gasteiger partial charge in [-0.2, -0.15) is 0 Å². The number of nitro benzene ring substituents is 1. The maximum atomic E-state index is 12.2. The van der Waals surface area contributed by atoms with Gasteiger partial charge in [-0.25, -0.2) is 4.98 Å². The van der Waals surface area contributed by atoms with Crippen molar-refractivity contribution < 1.29 is 9.72 Å². The minimum atomic E-state index is -0.459. The number of benzene rings is 3. The van der Waals surface area contributed by atoms with E-state index in [1.54, 1.807) is 29.5 Å². The molecule has 0 atom stereocenters. The fraction of sp³-hybridized carbons (Fsp3) is 0.0400. The third-order valence-corrected chi connectivity index (χ3v) is 5.73. The Hall–Kier alpha value is -4.10. The number of hydrogen-bond donors (Lipinski definition) is 1. The number of non-ortho nitro benzene ring substituents is 1. The molecular formula is C25H19N3O3S. The van der Waals surface area contributed by atoms with Gasteiger partial charge in [-0.3, -0.25) is 14.9 Å². The quantitative estimate of drug-likeness (QED) is 0.215. The lowest BCUT2D eigenvalue weighted by Gasteiger charge is -2.04. The highest BCUT2D eigenvalue weighted by Crippen LogP contribution is 2.31. The first-order valence-corrected chi connectivity index (χ1v) is 10.7. The number of thiazole rings is 1. The highest BCUT2D eigenvalue weighted by molar-refractivity contribution is 7.13. The zero-order valence-corrected chi connectivity index (χ0v) is 18.0. The van der Waals surface area contributed by atoms with Crippen molar-refractivity contribution in [3.05, 3.63) is 105 Å². The average molecular weight is 442 g/mol. The van der Waals surface area contributed by atoms with Crippen molar-refractivity contribution in [1.82, 2.24) is 4.98 Å². The van der Waals surface area contributed by atoms with Crippen LogP contribution in [0, 0.1) is 17.0 Å². The van der Waals surface area contributed by atoms with Gasteiger partial charge in [-0.15, -0.1) is 11.3 Å². The summed E-state index contributed by atoms with van der Waals surface area (Å²) >= 11 is 1.61. The standard InChI is InChI=1S/C25H19N3O3S/c1-17-4-2-3-5-22(17)25-27-23(16-32-25)19-9-11-20(12-10-19)26-24(29)15-8-18-6-13-21(14-7-18)28(30)31/h2-16H,1H3,(H,26,29)/b15-8+. The second-order valence-corrected chi connectivity index (χ2v) is 7.96. The Morgan fingerprint density at radius 1 is 1.03 bits per heavy atom. The predicted octanol–water partition coefficient (Wildman–Crippen LogP) is 6.35. The molecule has 3 aromatic carbocycles. The molecule has 1 amide bonds. The van der Waals surface area contributed by atoms with Gasteiger partial charge in [0, 0.05) is 40.4 Å². The number of carbonyl (C=O) groups is 1. The lowest BCUT2D eigenvalue weighted by atomic mass is 10.1. The van der Waals surface area contributed by atoms with E-state index in [-0.39, 0.29) is 11.6 Å². The summed E-state index contributed by atoms with van der Waals surface area (Å²) in [7, 11) is 0. The van der Waals surface area contributed by atoms with E-state index >= 15 is 0 Å². The Kier molecular flexibility index (Phi) is 6.19. The van der Waals surface area contributed by atoms with E-state index in [1.165, 1.54) is 23.8 Å². The number of carbonyl (C=O) groups excluding carboxylic acids is 1. The average Bonchev–Trinajstić information content (AvgIpc) is 3.29. The molecule has 0 aliphatic carbocycles. The molecule has 0 bridgehead atoms. The summed E-state index contributed by atoms with van der Waals surface area (Å²) < 4.78 is 0. The monoisotopic (exact) mass is 441 g/mol. The molecule has 0 unspecified atom stereocenters. The Morgan fingerprint density at radius 3 is 2.44 bits per heavy atom. The van der Waals surface area contributed by atoms with Gasteiger partial charge in [0.15, 0.2) is 0 Å². The van der Waals surface area contributed by atoms with E-state index in [4.69, 9.17) is 4.98 Å². The number of hydrogen-bond acceptors (Lipinski definition) is 5. The lowest BCUT2D eigenvalue weighted by molar-refractivity contribution is -0.384. The Bertz CT molecular complexity index is 1290. The molecule has 0 fully saturated rings. The van der Waals surface area contributed by atoms with Crippen LogP contribution in [0.4, 0.5) is 11.4 Å². The molecule has 0 saturated carbocycles. The molecule has 1 aromatic heterocycles. The Balaban J connectivity index is 1.40. The van der Waals surface area contributed by atoms with Crippen LogP contribution in [0.3, 0.4) is 0 Å². The van der Waals surface area contributed by atoms with Crippen LogP contribution < -0.4 is 5.32 Å². The van der Waals surface area contributed by atoms with Crippen molar-refractivity contribution >= 4 is 34.7 Å². The Labute approximate surface area is 189 Å². The van der Waals surface area contributed by atoms with Crippen molar-refractivity contribution in [2.24, 2.45) is 0 Å². The number of aryl methyl sites for hydroxylation is 1. The van der Waals surface area contributed by atoms with Gasteiger partial charge in [0.2, 0.25) is 5.91 Å². The summed E-state index contributed by atoms with van der Waals surface area (Å²) in [5.74, 6) is -0.286. The number of amides is 1. The van der Waals surface area contributed by atoms with Gasteiger partial charge in [0.05, 0.1) is 10.6 Å². The van der Waals surface area contributed by atoms with Gasteiger partial charge in [-0.05, 0) is 48.4 Å².